The van der Waals surface area contributed by atoms with Crippen LogP contribution in [-0.2, 0) is 26.2 Å². The summed E-state index contributed by atoms with van der Waals surface area (Å²) in [6.07, 6.45) is 6.45. The lowest BCUT2D eigenvalue weighted by Gasteiger charge is -2.35. The van der Waals surface area contributed by atoms with Crippen LogP contribution >= 0.6 is 11.3 Å². The largest absolute Gasteiger partial charge is 0.480 e. The number of ketones is 1. The number of carbonyl (C=O) groups is 3. The number of aliphatic carboxylic acids is 1. The number of hydrogen-bond acceptors (Lipinski definition) is 7. The number of carboxylic acid groups (broad SMARTS) is 1. The van der Waals surface area contributed by atoms with Crippen molar-refractivity contribution in [3.8, 4) is 22.5 Å². The highest BCUT2D eigenvalue weighted by Gasteiger charge is 2.31. The molecule has 0 bridgehead atoms. The van der Waals surface area contributed by atoms with Gasteiger partial charge in [0.25, 0.3) is 0 Å². The molecule has 0 spiro atoms. The van der Waals surface area contributed by atoms with Crippen molar-refractivity contribution in [2.75, 3.05) is 6.61 Å². The molecule has 1 aliphatic carbocycles. The first-order chi connectivity index (χ1) is 22.4. The minimum atomic E-state index is -1.13. The number of benzene rings is 2. The summed E-state index contributed by atoms with van der Waals surface area (Å²) in [4.78, 5) is 48.8. The number of amides is 1. The van der Waals surface area contributed by atoms with Crippen molar-refractivity contribution >= 4 is 29.0 Å². The van der Waals surface area contributed by atoms with Crippen molar-refractivity contribution in [3.63, 3.8) is 0 Å². The number of hydrogen-bond donors (Lipinski definition) is 2. The highest BCUT2D eigenvalue weighted by Crippen LogP contribution is 2.39. The van der Waals surface area contributed by atoms with Crippen molar-refractivity contribution in [2.24, 2.45) is 5.92 Å². The number of nitrogens with one attached hydrogen (secondary N) is 1. The molecule has 2 aromatic carbocycles. The maximum atomic E-state index is 13.3. The zero-order valence-corrected chi connectivity index (χ0v) is 28.5. The van der Waals surface area contributed by atoms with Gasteiger partial charge in [0.2, 0.25) is 5.91 Å². The molecule has 5 rings (SSSR count). The molecule has 47 heavy (non-hydrogen) atoms. The number of nitrogens with zero attached hydrogens (tertiary/aromatic N) is 2. The molecule has 1 amide bonds. The van der Waals surface area contributed by atoms with E-state index in [2.05, 4.69) is 60.3 Å². The zero-order valence-electron chi connectivity index (χ0n) is 27.7. The molecule has 9 heteroatoms. The first kappa shape index (κ1) is 34.1. The Labute approximate surface area is 280 Å². The molecule has 0 saturated heterocycles. The van der Waals surface area contributed by atoms with Crippen molar-refractivity contribution in [2.45, 2.75) is 83.8 Å². The van der Waals surface area contributed by atoms with Gasteiger partial charge in [-0.3, -0.25) is 14.4 Å². The average Bonchev–Trinajstić information content (AvgIpc) is 3.55. The molecule has 2 N–H and O–H groups in total. The third-order valence-electron chi connectivity index (χ3n) is 8.71. The lowest BCUT2D eigenvalue weighted by atomic mass is 9.77. The van der Waals surface area contributed by atoms with E-state index in [0.29, 0.717) is 22.7 Å². The van der Waals surface area contributed by atoms with Gasteiger partial charge in [0, 0.05) is 47.3 Å². The molecular weight excluding hydrogens is 611 g/mol. The Hall–Kier alpha value is -4.21. The number of rotatable bonds is 13. The first-order valence-corrected chi connectivity index (χ1v) is 17.0. The smallest absolute Gasteiger partial charge is 0.325 e. The Morgan fingerprint density at radius 1 is 0.936 bits per heavy atom. The van der Waals surface area contributed by atoms with Crippen LogP contribution in [0.5, 0.6) is 0 Å². The van der Waals surface area contributed by atoms with Gasteiger partial charge in [-0.15, -0.1) is 11.3 Å². The first-order valence-electron chi connectivity index (χ1n) is 16.2. The van der Waals surface area contributed by atoms with E-state index >= 15 is 0 Å². The number of carbonyl (C=O) groups excluding carboxylic acids is 2. The van der Waals surface area contributed by atoms with Crippen molar-refractivity contribution in [1.82, 2.24) is 15.3 Å². The summed E-state index contributed by atoms with van der Waals surface area (Å²) in [6.45, 7) is 10.5. The van der Waals surface area contributed by atoms with Crippen molar-refractivity contribution < 1.29 is 24.2 Å². The van der Waals surface area contributed by atoms with E-state index in [4.69, 9.17) is 4.74 Å². The van der Waals surface area contributed by atoms with Crippen LogP contribution in [0.2, 0.25) is 0 Å². The molecular formula is C38H43N3O5S. The zero-order chi connectivity index (χ0) is 33.7. The predicted octanol–water partition coefficient (Wildman–Crippen LogP) is 7.47. The van der Waals surface area contributed by atoms with E-state index < -0.39 is 23.8 Å². The van der Waals surface area contributed by atoms with E-state index in [1.807, 2.05) is 55.7 Å². The number of thiophene rings is 1. The topological polar surface area (TPSA) is 118 Å². The monoisotopic (exact) mass is 653 g/mol. The van der Waals surface area contributed by atoms with Gasteiger partial charge in [-0.25, -0.2) is 9.97 Å². The fraction of sp³-hybridized carbons (Fsp3) is 0.395. The van der Waals surface area contributed by atoms with Gasteiger partial charge in [-0.2, -0.15) is 0 Å². The fourth-order valence-corrected chi connectivity index (χ4v) is 6.74. The average molecular weight is 654 g/mol. The second-order valence-corrected chi connectivity index (χ2v) is 14.5. The molecule has 8 nitrogen and oxygen atoms in total. The fourth-order valence-electron chi connectivity index (χ4n) is 5.72. The summed E-state index contributed by atoms with van der Waals surface area (Å²) in [7, 11) is 0. The van der Waals surface area contributed by atoms with Gasteiger partial charge < -0.3 is 15.2 Å². The summed E-state index contributed by atoms with van der Waals surface area (Å²) in [5.41, 5.74) is 4.93. The lowest BCUT2D eigenvalue weighted by Crippen LogP contribution is -2.42. The Kier molecular flexibility index (Phi) is 10.7. The van der Waals surface area contributed by atoms with E-state index in [1.165, 1.54) is 23.8 Å². The molecule has 2 heterocycles. The summed E-state index contributed by atoms with van der Waals surface area (Å²) in [5.74, 6) is -1.31. The summed E-state index contributed by atoms with van der Waals surface area (Å²) >= 11 is 1.44. The van der Waals surface area contributed by atoms with Gasteiger partial charge in [-0.1, -0.05) is 69.3 Å². The van der Waals surface area contributed by atoms with Crippen LogP contribution in [0.4, 0.5) is 0 Å². The van der Waals surface area contributed by atoms with E-state index in [9.17, 15) is 19.5 Å². The maximum Gasteiger partial charge on any atom is 0.325 e. The second-order valence-electron chi connectivity index (χ2n) is 13.4. The minimum absolute atomic E-state index is 0.0238. The van der Waals surface area contributed by atoms with E-state index in [0.717, 1.165) is 46.6 Å². The second kappa shape index (κ2) is 14.7. The third-order valence-corrected chi connectivity index (χ3v) is 10.3. The van der Waals surface area contributed by atoms with E-state index in [1.54, 1.807) is 0 Å². The Bertz CT molecular complexity index is 1690. The lowest BCUT2D eigenvalue weighted by molar-refractivity contribution is -0.141. The van der Waals surface area contributed by atoms with Gasteiger partial charge in [-0.05, 0) is 73.3 Å². The normalized spacial score (nSPS) is 17.4. The molecule has 0 radical (unpaired) electrons. The number of carboxylic acids is 1. The molecule has 4 aromatic rings. The maximum absolute atomic E-state index is 13.3. The van der Waals surface area contributed by atoms with Crippen LogP contribution in [0.3, 0.4) is 0 Å². The number of ether oxygens (including phenoxy) is 1. The van der Waals surface area contributed by atoms with Crippen LogP contribution in [-0.4, -0.2) is 51.5 Å². The van der Waals surface area contributed by atoms with E-state index in [-0.39, 0.29) is 24.0 Å². The molecule has 1 saturated carbocycles. The number of aromatic nitrogens is 2. The van der Waals surface area contributed by atoms with Gasteiger partial charge in [0.15, 0.2) is 11.6 Å². The minimum Gasteiger partial charge on any atom is -0.480 e. The molecule has 1 fully saturated rings. The van der Waals surface area contributed by atoms with Crippen LogP contribution < -0.4 is 5.32 Å². The summed E-state index contributed by atoms with van der Waals surface area (Å²) < 4.78 is 5.70. The molecule has 2 aromatic heterocycles. The molecule has 0 unspecified atom stereocenters. The van der Waals surface area contributed by atoms with Gasteiger partial charge in [0.05, 0.1) is 11.0 Å². The molecule has 1 aliphatic rings. The molecule has 246 valence electrons. The Morgan fingerprint density at radius 3 is 2.15 bits per heavy atom. The van der Waals surface area contributed by atoms with Crippen LogP contribution in [0.1, 0.15) is 85.5 Å². The van der Waals surface area contributed by atoms with Gasteiger partial charge in [0.1, 0.15) is 6.04 Å². The number of Topliss-reactive ketones (excluding diaryl/α,β-unsaturated/α-hetero) is 1. The Balaban J connectivity index is 1.24. The third kappa shape index (κ3) is 8.58. The van der Waals surface area contributed by atoms with Crippen molar-refractivity contribution in [1.29, 1.82) is 0 Å². The van der Waals surface area contributed by atoms with Crippen LogP contribution in [0.25, 0.3) is 22.5 Å². The quantitative estimate of drug-likeness (QED) is 0.144. The predicted molar refractivity (Wildman–Crippen MR) is 185 cm³/mol. The van der Waals surface area contributed by atoms with Gasteiger partial charge >= 0.3 is 5.97 Å². The SMILES string of the molecule is CCOC1CC(c2ccc(-c3cnc(-c4ccc(C[C@H](CC(=O)c5ccc(C(C)(C)C)s5)C(=O)N[C@H](C)C(=O)O)cc4)nc3)cc2)C1. The Morgan fingerprint density at radius 2 is 1.57 bits per heavy atom. The standard InChI is InChI=1S/C38H43N3O5S/c1-6-46-31-18-28(19-31)25-11-13-26(14-12-25)30-21-39-35(40-22-30)27-9-7-24(8-10-27)17-29(36(43)41-23(2)37(44)45)20-32(42)33-15-16-34(47-33)38(3,4)5/h7-16,21-23,28-29,31H,6,17-20H2,1-5H3,(H,41,43)(H,44,45)/t23-,28?,29-,31?/m1/s1. The summed E-state index contributed by atoms with van der Waals surface area (Å²) in [6, 6.07) is 18.9. The highest BCUT2D eigenvalue weighted by atomic mass is 32.1. The van der Waals surface area contributed by atoms with Crippen LogP contribution in [0, 0.1) is 5.92 Å². The summed E-state index contributed by atoms with van der Waals surface area (Å²) in [5, 5.41) is 11.9. The van der Waals surface area contributed by atoms with Crippen molar-refractivity contribution in [3.05, 3.63) is 93.9 Å². The van der Waals surface area contributed by atoms with Crippen LogP contribution in [0.15, 0.2) is 73.1 Å². The highest BCUT2D eigenvalue weighted by molar-refractivity contribution is 7.14. The molecule has 2 atom stereocenters. The molecule has 0 aliphatic heterocycles.